The second-order valence-electron chi connectivity index (χ2n) is 6.82. The summed E-state index contributed by atoms with van der Waals surface area (Å²) in [6, 6.07) is 11.0. The Hall–Kier alpha value is -2.56. The molecular weight excluding hydrogens is 516 g/mol. The van der Waals surface area contributed by atoms with Gasteiger partial charge < -0.3 is 19.1 Å². The summed E-state index contributed by atoms with van der Waals surface area (Å²) in [5, 5.41) is 0. The highest BCUT2D eigenvalue weighted by atomic mass is 79.9. The van der Waals surface area contributed by atoms with Gasteiger partial charge in [-0.05, 0) is 48.0 Å². The molecule has 10 heteroatoms. The van der Waals surface area contributed by atoms with Gasteiger partial charge in [-0.1, -0.05) is 39.9 Å². The van der Waals surface area contributed by atoms with E-state index in [1.54, 1.807) is 18.2 Å². The lowest BCUT2D eigenvalue weighted by Crippen LogP contribution is -2.27. The molecule has 1 aliphatic rings. The Morgan fingerprint density at radius 1 is 1.19 bits per heavy atom. The van der Waals surface area contributed by atoms with Gasteiger partial charge in [-0.15, -0.1) is 0 Å². The Morgan fingerprint density at radius 3 is 2.47 bits per heavy atom. The monoisotopic (exact) mass is 536 g/mol. The molecule has 1 aliphatic heterocycles. The number of methoxy groups -OCH3 is 2. The summed E-state index contributed by atoms with van der Waals surface area (Å²) in [6.45, 7) is -0.246. The molecule has 0 aromatic heterocycles. The molecule has 168 valence electrons. The predicted octanol–water partition coefficient (Wildman–Crippen LogP) is 4.48. The van der Waals surface area contributed by atoms with Gasteiger partial charge in [0, 0.05) is 24.3 Å². The summed E-state index contributed by atoms with van der Waals surface area (Å²) in [6.07, 6.45) is 1.74. The molecule has 1 saturated heterocycles. The molecule has 2 aromatic rings. The number of anilines is 2. The van der Waals surface area contributed by atoms with E-state index in [1.165, 1.54) is 30.9 Å². The summed E-state index contributed by atoms with van der Waals surface area (Å²) in [4.78, 5) is 28.4. The van der Waals surface area contributed by atoms with Crippen molar-refractivity contribution in [3.63, 3.8) is 0 Å². The van der Waals surface area contributed by atoms with Crippen LogP contribution in [0, 0.1) is 0 Å². The fraction of sp³-hybridized carbons (Fsp3) is 0.227. The molecular formula is C22H21BrN2O5S2. The van der Waals surface area contributed by atoms with E-state index in [2.05, 4.69) is 20.7 Å². The van der Waals surface area contributed by atoms with E-state index >= 15 is 0 Å². The number of benzene rings is 2. The van der Waals surface area contributed by atoms with E-state index in [1.807, 2.05) is 43.3 Å². The molecule has 0 bridgehead atoms. The van der Waals surface area contributed by atoms with E-state index in [4.69, 9.17) is 21.7 Å². The molecule has 0 unspecified atom stereocenters. The molecule has 1 fully saturated rings. The molecule has 0 N–H and O–H groups in total. The molecule has 1 heterocycles. The van der Waals surface area contributed by atoms with Gasteiger partial charge in [0.25, 0.3) is 5.91 Å². The van der Waals surface area contributed by atoms with Crippen molar-refractivity contribution in [2.45, 2.75) is 0 Å². The minimum absolute atomic E-state index is 0.200. The maximum absolute atomic E-state index is 13.1. The zero-order valence-corrected chi connectivity index (χ0v) is 21.1. The first-order chi connectivity index (χ1) is 15.2. The van der Waals surface area contributed by atoms with Crippen molar-refractivity contribution in [2.75, 3.05) is 44.7 Å². The standard InChI is InChI=1S/C22H21BrN2O5S2/c1-24(2)14-5-7-15(8-6-14)25-21(27)19(32-22(25)31)10-13-9-17(28-3)18(11-16(13)23)30-12-20(26)29-4/h5-11H,12H2,1-4H3/b19-10+. The summed E-state index contributed by atoms with van der Waals surface area (Å²) in [7, 11) is 6.69. The maximum Gasteiger partial charge on any atom is 0.343 e. The second kappa shape index (κ2) is 10.4. The van der Waals surface area contributed by atoms with Crippen LogP contribution in [-0.4, -0.2) is 51.1 Å². The van der Waals surface area contributed by atoms with E-state index in [-0.39, 0.29) is 12.5 Å². The minimum atomic E-state index is -0.505. The molecule has 1 amide bonds. The van der Waals surface area contributed by atoms with Gasteiger partial charge in [0.05, 0.1) is 24.8 Å². The Morgan fingerprint density at radius 2 is 1.88 bits per heavy atom. The first kappa shape index (κ1) is 24.1. The number of carbonyl (C=O) groups is 2. The van der Waals surface area contributed by atoms with E-state index < -0.39 is 5.97 Å². The lowest BCUT2D eigenvalue weighted by Gasteiger charge is -2.17. The van der Waals surface area contributed by atoms with Gasteiger partial charge in [-0.25, -0.2) is 4.79 Å². The number of carbonyl (C=O) groups excluding carboxylic acids is 2. The van der Waals surface area contributed by atoms with Gasteiger partial charge in [-0.2, -0.15) is 0 Å². The third-order valence-corrected chi connectivity index (χ3v) is 6.55. The summed E-state index contributed by atoms with van der Waals surface area (Å²) in [5.41, 5.74) is 2.45. The molecule has 0 aliphatic carbocycles. The van der Waals surface area contributed by atoms with Crippen molar-refractivity contribution in [1.29, 1.82) is 0 Å². The van der Waals surface area contributed by atoms with Crippen molar-refractivity contribution >= 4 is 73.6 Å². The quantitative estimate of drug-likeness (QED) is 0.291. The van der Waals surface area contributed by atoms with Crippen LogP contribution in [0.25, 0.3) is 6.08 Å². The predicted molar refractivity (Wildman–Crippen MR) is 135 cm³/mol. The third-order valence-electron chi connectivity index (χ3n) is 4.56. The number of thioether (sulfide) groups is 1. The molecule has 7 nitrogen and oxygen atoms in total. The van der Waals surface area contributed by atoms with Crippen molar-refractivity contribution in [2.24, 2.45) is 0 Å². The van der Waals surface area contributed by atoms with Crippen LogP contribution in [0.3, 0.4) is 0 Å². The van der Waals surface area contributed by atoms with Crippen molar-refractivity contribution in [3.8, 4) is 11.5 Å². The average molecular weight is 537 g/mol. The summed E-state index contributed by atoms with van der Waals surface area (Å²) in [5.74, 6) is 0.0811. The van der Waals surface area contributed by atoms with Crippen LogP contribution in [0.4, 0.5) is 11.4 Å². The zero-order chi connectivity index (χ0) is 23.4. The lowest BCUT2D eigenvalue weighted by molar-refractivity contribution is -0.142. The largest absolute Gasteiger partial charge is 0.493 e. The molecule has 32 heavy (non-hydrogen) atoms. The highest BCUT2D eigenvalue weighted by molar-refractivity contribution is 9.10. The fourth-order valence-electron chi connectivity index (χ4n) is 2.86. The number of hydrogen-bond acceptors (Lipinski definition) is 8. The van der Waals surface area contributed by atoms with Gasteiger partial charge in [-0.3, -0.25) is 9.69 Å². The van der Waals surface area contributed by atoms with E-state index in [9.17, 15) is 9.59 Å². The number of esters is 1. The van der Waals surface area contributed by atoms with Crippen molar-refractivity contribution in [1.82, 2.24) is 0 Å². The first-order valence-electron chi connectivity index (χ1n) is 9.37. The SMILES string of the molecule is COC(=O)COc1cc(Br)c(/C=C2/SC(=S)N(c3ccc(N(C)C)cc3)C2=O)cc1OC. The molecule has 3 rings (SSSR count). The highest BCUT2D eigenvalue weighted by Gasteiger charge is 2.33. The van der Waals surface area contributed by atoms with Crippen LogP contribution >= 0.6 is 39.9 Å². The van der Waals surface area contributed by atoms with Crippen molar-refractivity contribution < 1.29 is 23.8 Å². The molecule has 0 spiro atoms. The number of halogens is 1. The zero-order valence-electron chi connectivity index (χ0n) is 17.9. The number of ether oxygens (including phenoxy) is 3. The smallest absolute Gasteiger partial charge is 0.343 e. The molecule has 0 atom stereocenters. The second-order valence-corrected chi connectivity index (χ2v) is 9.35. The summed E-state index contributed by atoms with van der Waals surface area (Å²) < 4.78 is 16.6. The Balaban J connectivity index is 1.87. The third kappa shape index (κ3) is 5.25. The molecule has 0 saturated carbocycles. The first-order valence-corrected chi connectivity index (χ1v) is 11.4. The Bertz CT molecular complexity index is 1090. The normalized spacial score (nSPS) is 14.7. The van der Waals surface area contributed by atoms with Gasteiger partial charge in [0.15, 0.2) is 22.4 Å². The van der Waals surface area contributed by atoms with Crippen LogP contribution in [0.2, 0.25) is 0 Å². The lowest BCUT2D eigenvalue weighted by atomic mass is 10.1. The van der Waals surface area contributed by atoms with Crippen LogP contribution in [0.1, 0.15) is 5.56 Å². The number of nitrogens with zero attached hydrogens (tertiary/aromatic N) is 2. The van der Waals surface area contributed by atoms with Crippen LogP contribution < -0.4 is 19.3 Å². The van der Waals surface area contributed by atoms with E-state index in [0.29, 0.717) is 36.4 Å². The van der Waals surface area contributed by atoms with Crippen LogP contribution in [0.5, 0.6) is 11.5 Å². The Labute approximate surface area is 204 Å². The van der Waals surface area contributed by atoms with Crippen molar-refractivity contribution in [3.05, 3.63) is 51.3 Å². The molecule has 0 radical (unpaired) electrons. The highest BCUT2D eigenvalue weighted by Crippen LogP contribution is 2.39. The maximum atomic E-state index is 13.1. The number of hydrogen-bond donors (Lipinski definition) is 0. The number of thiocarbonyl (C=S) groups is 1. The van der Waals surface area contributed by atoms with E-state index in [0.717, 1.165) is 5.69 Å². The Kier molecular flexibility index (Phi) is 7.81. The summed E-state index contributed by atoms with van der Waals surface area (Å²) >= 11 is 10.2. The van der Waals surface area contributed by atoms with Gasteiger partial charge in [0.1, 0.15) is 0 Å². The van der Waals surface area contributed by atoms with Gasteiger partial charge >= 0.3 is 5.97 Å². The number of amides is 1. The van der Waals surface area contributed by atoms with Gasteiger partial charge in [0.2, 0.25) is 0 Å². The minimum Gasteiger partial charge on any atom is -0.493 e. The van der Waals surface area contributed by atoms with Crippen LogP contribution in [0.15, 0.2) is 45.8 Å². The number of rotatable bonds is 7. The fourth-order valence-corrected chi connectivity index (χ4v) is 4.59. The topological polar surface area (TPSA) is 68.3 Å². The van der Waals surface area contributed by atoms with Crippen LogP contribution in [-0.2, 0) is 14.3 Å². The molecule has 2 aromatic carbocycles. The average Bonchev–Trinajstić information content (AvgIpc) is 3.06.